The molecule has 1 amide bonds. The number of benzene rings is 2. The highest BCUT2D eigenvalue weighted by Gasteiger charge is 2.19. The van der Waals surface area contributed by atoms with E-state index in [1.807, 2.05) is 26.0 Å². The first-order valence-corrected chi connectivity index (χ1v) is 10.4. The summed E-state index contributed by atoms with van der Waals surface area (Å²) in [4.78, 5) is 15.8. The maximum atomic E-state index is 12.8. The molecular weight excluding hydrogens is 386 g/mol. The Balaban J connectivity index is 1.97. The zero-order valence-corrected chi connectivity index (χ0v) is 16.9. The van der Waals surface area contributed by atoms with Gasteiger partial charge in [-0.25, -0.2) is 13.4 Å². The maximum absolute atomic E-state index is 12.8. The van der Waals surface area contributed by atoms with Crippen molar-refractivity contribution in [2.75, 3.05) is 17.1 Å². The van der Waals surface area contributed by atoms with Crippen molar-refractivity contribution in [2.45, 2.75) is 25.7 Å². The van der Waals surface area contributed by atoms with Crippen molar-refractivity contribution in [1.29, 1.82) is 0 Å². The molecule has 0 aliphatic heterocycles. The van der Waals surface area contributed by atoms with Gasteiger partial charge in [-0.15, -0.1) is 0 Å². The Kier molecular flexibility index (Phi) is 5.07. The molecule has 7 nitrogen and oxygen atoms in total. The van der Waals surface area contributed by atoms with Crippen LogP contribution in [0.1, 0.15) is 18.1 Å². The lowest BCUT2D eigenvalue weighted by Crippen LogP contribution is -2.14. The quantitative estimate of drug-likeness (QED) is 0.675. The van der Waals surface area contributed by atoms with Crippen molar-refractivity contribution in [3.05, 3.63) is 41.5 Å². The number of aryl methyl sites for hydroxylation is 2. The van der Waals surface area contributed by atoms with Crippen LogP contribution in [0, 0.1) is 13.8 Å². The summed E-state index contributed by atoms with van der Waals surface area (Å²) in [5, 5.41) is 2.85. The number of fused-ring (bicyclic) bond motifs is 1. The summed E-state index contributed by atoms with van der Waals surface area (Å²) in [6.45, 7) is 5.26. The Morgan fingerprint density at radius 2 is 1.93 bits per heavy atom. The molecule has 142 valence electrons. The summed E-state index contributed by atoms with van der Waals surface area (Å²) < 4.78 is 34.1. The molecule has 1 heterocycles. The molecule has 1 aromatic heterocycles. The highest BCUT2D eigenvalue weighted by atomic mass is 32.2. The van der Waals surface area contributed by atoms with Gasteiger partial charge < -0.3 is 10.1 Å². The van der Waals surface area contributed by atoms with E-state index in [1.165, 1.54) is 43.6 Å². The molecule has 9 heteroatoms. The Morgan fingerprint density at radius 3 is 2.59 bits per heavy atom. The van der Waals surface area contributed by atoms with Gasteiger partial charge in [0.2, 0.25) is 5.91 Å². The topological polar surface area (TPSA) is 97.4 Å². The molecule has 3 aromatic rings. The van der Waals surface area contributed by atoms with Crippen LogP contribution >= 0.6 is 11.3 Å². The molecular formula is C18H19N3O4S2. The first kappa shape index (κ1) is 19.1. The van der Waals surface area contributed by atoms with Crippen molar-refractivity contribution in [3.63, 3.8) is 0 Å². The van der Waals surface area contributed by atoms with Crippen LogP contribution in [0.2, 0.25) is 0 Å². The minimum absolute atomic E-state index is 0.000733. The van der Waals surface area contributed by atoms with Crippen molar-refractivity contribution in [2.24, 2.45) is 0 Å². The fourth-order valence-electron chi connectivity index (χ4n) is 2.73. The number of aromatic nitrogens is 1. The third-order valence-electron chi connectivity index (χ3n) is 3.84. The van der Waals surface area contributed by atoms with E-state index in [0.717, 1.165) is 21.3 Å². The van der Waals surface area contributed by atoms with Gasteiger partial charge in [-0.2, -0.15) is 0 Å². The van der Waals surface area contributed by atoms with E-state index in [2.05, 4.69) is 15.0 Å². The van der Waals surface area contributed by atoms with Gasteiger partial charge >= 0.3 is 0 Å². The van der Waals surface area contributed by atoms with Gasteiger partial charge in [0.25, 0.3) is 10.0 Å². The van der Waals surface area contributed by atoms with Crippen LogP contribution < -0.4 is 14.8 Å². The molecule has 0 spiro atoms. The number of amides is 1. The van der Waals surface area contributed by atoms with Crippen LogP contribution in [0.4, 0.5) is 10.8 Å². The number of carbonyl (C=O) groups excluding carboxylic acids is 1. The number of anilines is 2. The number of rotatable bonds is 5. The zero-order valence-electron chi connectivity index (χ0n) is 15.3. The fourth-order valence-corrected chi connectivity index (χ4v) is 5.03. The number of ether oxygens (including phenoxy) is 1. The second-order valence-corrected chi connectivity index (χ2v) is 8.81. The number of sulfonamides is 1. The van der Waals surface area contributed by atoms with Crippen LogP contribution in [-0.4, -0.2) is 26.4 Å². The van der Waals surface area contributed by atoms with E-state index < -0.39 is 10.0 Å². The predicted octanol–water partition coefficient (Wildman–Crippen LogP) is 3.68. The lowest BCUT2D eigenvalue weighted by molar-refractivity contribution is -0.114. The molecule has 0 aliphatic carbocycles. The van der Waals surface area contributed by atoms with Crippen LogP contribution in [0.25, 0.3) is 10.2 Å². The molecule has 0 aliphatic rings. The highest BCUT2D eigenvalue weighted by molar-refractivity contribution is 7.93. The number of methoxy groups -OCH3 is 1. The van der Waals surface area contributed by atoms with Gasteiger partial charge in [0, 0.05) is 6.92 Å². The van der Waals surface area contributed by atoms with E-state index in [9.17, 15) is 13.2 Å². The zero-order chi connectivity index (χ0) is 19.8. The summed E-state index contributed by atoms with van der Waals surface area (Å²) in [6.07, 6.45) is 0. The van der Waals surface area contributed by atoms with E-state index in [0.29, 0.717) is 5.75 Å². The minimum atomic E-state index is -3.88. The summed E-state index contributed by atoms with van der Waals surface area (Å²) in [6, 6.07) is 8.23. The number of hydrogen-bond donors (Lipinski definition) is 2. The van der Waals surface area contributed by atoms with Crippen LogP contribution in [0.3, 0.4) is 0 Å². The molecule has 0 radical (unpaired) electrons. The molecule has 0 unspecified atom stereocenters. The van der Waals surface area contributed by atoms with Gasteiger partial charge in [0.15, 0.2) is 5.13 Å². The van der Waals surface area contributed by atoms with E-state index in [1.54, 1.807) is 0 Å². The summed E-state index contributed by atoms with van der Waals surface area (Å²) >= 11 is 1.27. The minimum Gasteiger partial charge on any atom is -0.495 e. The van der Waals surface area contributed by atoms with Crippen LogP contribution in [0.5, 0.6) is 5.75 Å². The van der Waals surface area contributed by atoms with Crippen molar-refractivity contribution in [1.82, 2.24) is 4.98 Å². The number of carbonyl (C=O) groups is 1. The SMILES string of the molecule is COc1ccc(S(=O)(=O)Nc2nc3c(C)cc(C)cc3s2)cc1NC(C)=O. The van der Waals surface area contributed by atoms with Gasteiger partial charge in [0.05, 0.1) is 27.9 Å². The Morgan fingerprint density at radius 1 is 1.19 bits per heavy atom. The summed E-state index contributed by atoms with van der Waals surface area (Å²) in [5.41, 5.74) is 3.14. The first-order valence-electron chi connectivity index (χ1n) is 8.06. The number of thiazole rings is 1. The molecule has 0 atom stereocenters. The molecule has 0 fully saturated rings. The third-order valence-corrected chi connectivity index (χ3v) is 6.23. The van der Waals surface area contributed by atoms with Gasteiger partial charge in [0.1, 0.15) is 5.75 Å². The van der Waals surface area contributed by atoms with Crippen molar-refractivity contribution in [3.8, 4) is 5.75 Å². The molecule has 0 saturated carbocycles. The predicted molar refractivity (Wildman–Crippen MR) is 107 cm³/mol. The molecule has 2 N–H and O–H groups in total. The Hall–Kier alpha value is -2.65. The van der Waals surface area contributed by atoms with Crippen LogP contribution in [-0.2, 0) is 14.8 Å². The number of hydrogen-bond acceptors (Lipinski definition) is 6. The summed E-state index contributed by atoms with van der Waals surface area (Å²) in [5.74, 6) is 0.0445. The molecule has 2 aromatic carbocycles. The third kappa shape index (κ3) is 4.04. The normalized spacial score (nSPS) is 11.4. The second-order valence-electron chi connectivity index (χ2n) is 6.10. The highest BCUT2D eigenvalue weighted by Crippen LogP contribution is 2.32. The average molecular weight is 406 g/mol. The standard InChI is InChI=1S/C18H19N3O4S2/c1-10-7-11(2)17-16(8-10)26-18(20-17)21-27(23,24)13-5-6-15(25-4)14(9-13)19-12(3)22/h5-9H,1-4H3,(H,19,22)(H,20,21). The lowest BCUT2D eigenvalue weighted by Gasteiger charge is -2.11. The molecule has 3 rings (SSSR count). The van der Waals surface area contributed by atoms with E-state index >= 15 is 0 Å². The van der Waals surface area contributed by atoms with Gasteiger partial charge in [-0.3, -0.25) is 9.52 Å². The monoisotopic (exact) mass is 405 g/mol. The van der Waals surface area contributed by atoms with Crippen LogP contribution in [0.15, 0.2) is 35.2 Å². The van der Waals surface area contributed by atoms with Crippen molar-refractivity contribution >= 4 is 48.3 Å². The van der Waals surface area contributed by atoms with Gasteiger partial charge in [-0.05, 0) is 49.2 Å². The maximum Gasteiger partial charge on any atom is 0.263 e. The summed E-state index contributed by atoms with van der Waals surface area (Å²) in [7, 11) is -2.43. The number of nitrogens with zero attached hydrogens (tertiary/aromatic N) is 1. The molecule has 27 heavy (non-hydrogen) atoms. The van der Waals surface area contributed by atoms with E-state index in [-0.39, 0.29) is 21.6 Å². The first-order chi connectivity index (χ1) is 12.7. The molecule has 0 saturated heterocycles. The smallest absolute Gasteiger partial charge is 0.263 e. The number of nitrogens with one attached hydrogen (secondary N) is 2. The Bertz CT molecular complexity index is 1140. The Labute approximate surface area is 161 Å². The van der Waals surface area contributed by atoms with Gasteiger partial charge in [-0.1, -0.05) is 17.4 Å². The fraction of sp³-hybridized carbons (Fsp3) is 0.222. The van der Waals surface area contributed by atoms with E-state index in [4.69, 9.17) is 4.74 Å². The molecule has 0 bridgehead atoms. The van der Waals surface area contributed by atoms with Crippen molar-refractivity contribution < 1.29 is 17.9 Å². The second kappa shape index (κ2) is 7.16. The average Bonchev–Trinajstić information content (AvgIpc) is 2.96. The lowest BCUT2D eigenvalue weighted by atomic mass is 10.1. The largest absolute Gasteiger partial charge is 0.495 e.